The van der Waals surface area contributed by atoms with Crippen LogP contribution in [-0.4, -0.2) is 62.5 Å². The third kappa shape index (κ3) is 3.46. The molecule has 3 rings (SSSR count). The van der Waals surface area contributed by atoms with E-state index < -0.39 is 11.5 Å². The van der Waals surface area contributed by atoms with Crippen molar-refractivity contribution in [3.63, 3.8) is 0 Å². The molecule has 2 aliphatic rings. The van der Waals surface area contributed by atoms with Gasteiger partial charge in [0, 0.05) is 13.1 Å². The third-order valence-electron chi connectivity index (χ3n) is 5.34. The number of methoxy groups -OCH3 is 2. The van der Waals surface area contributed by atoms with Gasteiger partial charge in [-0.25, -0.2) is 0 Å². The largest absolute Gasteiger partial charge is 0.493 e. The van der Waals surface area contributed by atoms with Gasteiger partial charge in [-0.05, 0) is 30.5 Å². The van der Waals surface area contributed by atoms with Crippen LogP contribution in [0.3, 0.4) is 0 Å². The molecule has 0 spiro atoms. The molecule has 1 saturated heterocycles. The summed E-state index contributed by atoms with van der Waals surface area (Å²) in [6.45, 7) is 1.59. The zero-order valence-corrected chi connectivity index (χ0v) is 15.0. The Morgan fingerprint density at radius 3 is 2.64 bits per heavy atom. The van der Waals surface area contributed by atoms with E-state index in [9.17, 15) is 9.90 Å². The smallest absolute Gasteiger partial charge is 0.233 e. The van der Waals surface area contributed by atoms with E-state index in [0.29, 0.717) is 31.2 Å². The molecule has 1 aliphatic carbocycles. The number of benzene rings is 1. The van der Waals surface area contributed by atoms with Crippen LogP contribution in [0.25, 0.3) is 0 Å². The normalized spacial score (nSPS) is 23.2. The summed E-state index contributed by atoms with van der Waals surface area (Å²) >= 11 is 0. The first-order chi connectivity index (χ1) is 12.1. The Bertz CT molecular complexity index is 612. The number of β-amino-alcohol motifs (C(OH)–C–C–N with tert-alkyl or cyclic N) is 1. The van der Waals surface area contributed by atoms with E-state index in [0.717, 1.165) is 31.2 Å². The lowest BCUT2D eigenvalue weighted by Crippen LogP contribution is -2.48. The van der Waals surface area contributed by atoms with Gasteiger partial charge in [0.15, 0.2) is 11.5 Å². The van der Waals surface area contributed by atoms with Crippen molar-refractivity contribution < 1.29 is 24.1 Å². The molecular weight excluding hydrogens is 322 g/mol. The fourth-order valence-corrected chi connectivity index (χ4v) is 4.02. The van der Waals surface area contributed by atoms with Crippen LogP contribution in [-0.2, 0) is 14.9 Å². The molecule has 6 nitrogen and oxygen atoms in total. The SMILES string of the molecule is COc1ccc(C2(C(=O)N3CCOC[C@H](O)C3)CCCC2)cc1OC. The molecule has 0 bridgehead atoms. The average Bonchev–Trinajstić information content (AvgIpc) is 3.04. The molecule has 6 heteroatoms. The van der Waals surface area contributed by atoms with Crippen LogP contribution < -0.4 is 9.47 Å². The van der Waals surface area contributed by atoms with Gasteiger partial charge in [0.05, 0.1) is 39.0 Å². The van der Waals surface area contributed by atoms with Gasteiger partial charge < -0.3 is 24.2 Å². The molecule has 1 aromatic carbocycles. The van der Waals surface area contributed by atoms with Crippen molar-refractivity contribution in [2.45, 2.75) is 37.2 Å². The lowest BCUT2D eigenvalue weighted by molar-refractivity contribution is -0.138. The van der Waals surface area contributed by atoms with E-state index >= 15 is 0 Å². The van der Waals surface area contributed by atoms with E-state index in [1.165, 1.54) is 0 Å². The summed E-state index contributed by atoms with van der Waals surface area (Å²) in [5, 5.41) is 10.0. The summed E-state index contributed by atoms with van der Waals surface area (Å²) in [4.78, 5) is 15.2. The van der Waals surface area contributed by atoms with Gasteiger partial charge in [0.25, 0.3) is 0 Å². The fraction of sp³-hybridized carbons (Fsp3) is 0.632. The van der Waals surface area contributed by atoms with E-state index in [2.05, 4.69) is 0 Å². The van der Waals surface area contributed by atoms with E-state index in [-0.39, 0.29) is 12.5 Å². The fourth-order valence-electron chi connectivity index (χ4n) is 4.02. The summed E-state index contributed by atoms with van der Waals surface area (Å²) in [5.41, 5.74) is 0.413. The Labute approximate surface area is 148 Å². The zero-order valence-electron chi connectivity index (χ0n) is 15.0. The van der Waals surface area contributed by atoms with Crippen molar-refractivity contribution in [2.75, 3.05) is 40.5 Å². The Hall–Kier alpha value is -1.79. The summed E-state index contributed by atoms with van der Waals surface area (Å²) in [5.74, 6) is 1.38. The maximum atomic E-state index is 13.5. The summed E-state index contributed by atoms with van der Waals surface area (Å²) in [7, 11) is 3.21. The zero-order chi connectivity index (χ0) is 17.9. The minimum absolute atomic E-state index is 0.0850. The predicted molar refractivity (Wildman–Crippen MR) is 93.1 cm³/mol. The van der Waals surface area contributed by atoms with Gasteiger partial charge in [0.1, 0.15) is 0 Å². The number of hydrogen-bond donors (Lipinski definition) is 1. The number of hydrogen-bond acceptors (Lipinski definition) is 5. The molecule has 1 saturated carbocycles. The van der Waals surface area contributed by atoms with Crippen molar-refractivity contribution in [2.24, 2.45) is 0 Å². The van der Waals surface area contributed by atoms with Crippen molar-refractivity contribution >= 4 is 5.91 Å². The molecule has 1 aliphatic heterocycles. The molecule has 1 aromatic rings. The Balaban J connectivity index is 1.95. The quantitative estimate of drug-likeness (QED) is 0.897. The van der Waals surface area contributed by atoms with Gasteiger partial charge >= 0.3 is 0 Å². The van der Waals surface area contributed by atoms with Crippen LogP contribution in [0.5, 0.6) is 11.5 Å². The molecule has 0 radical (unpaired) electrons. The second kappa shape index (κ2) is 7.62. The minimum Gasteiger partial charge on any atom is -0.493 e. The molecule has 1 heterocycles. The highest BCUT2D eigenvalue weighted by Crippen LogP contribution is 2.45. The van der Waals surface area contributed by atoms with Gasteiger partial charge in [-0.1, -0.05) is 18.9 Å². The van der Waals surface area contributed by atoms with Crippen LogP contribution in [0, 0.1) is 0 Å². The number of nitrogens with zero attached hydrogens (tertiary/aromatic N) is 1. The molecule has 1 N–H and O–H groups in total. The molecular formula is C19H27NO5. The van der Waals surface area contributed by atoms with Crippen LogP contribution in [0.2, 0.25) is 0 Å². The molecule has 0 aromatic heterocycles. The molecule has 2 fully saturated rings. The van der Waals surface area contributed by atoms with Gasteiger partial charge in [-0.15, -0.1) is 0 Å². The average molecular weight is 349 g/mol. The van der Waals surface area contributed by atoms with Gasteiger partial charge in [0.2, 0.25) is 5.91 Å². The molecule has 138 valence electrons. The van der Waals surface area contributed by atoms with E-state index in [4.69, 9.17) is 14.2 Å². The molecule has 25 heavy (non-hydrogen) atoms. The summed E-state index contributed by atoms with van der Waals surface area (Å²) in [6, 6.07) is 5.75. The van der Waals surface area contributed by atoms with Crippen molar-refractivity contribution in [3.8, 4) is 11.5 Å². The highest BCUT2D eigenvalue weighted by molar-refractivity contribution is 5.89. The lowest BCUT2D eigenvalue weighted by atomic mass is 9.77. The van der Waals surface area contributed by atoms with Crippen molar-refractivity contribution in [1.29, 1.82) is 0 Å². The minimum atomic E-state index is -0.629. The maximum absolute atomic E-state index is 13.5. The number of carbonyl (C=O) groups excluding carboxylic acids is 1. The second-order valence-electron chi connectivity index (χ2n) is 6.84. The number of carbonyl (C=O) groups is 1. The standard InChI is InChI=1S/C19H27NO5/c1-23-16-6-5-14(11-17(16)24-2)19(7-3-4-8-19)18(22)20-9-10-25-13-15(21)12-20/h5-6,11,15,21H,3-4,7-10,12-13H2,1-2H3/t15-/m1/s1. The van der Waals surface area contributed by atoms with Crippen LogP contribution in [0.15, 0.2) is 18.2 Å². The number of aliphatic hydroxyl groups is 1. The van der Waals surface area contributed by atoms with Gasteiger partial charge in [-0.3, -0.25) is 4.79 Å². The van der Waals surface area contributed by atoms with Crippen molar-refractivity contribution in [3.05, 3.63) is 23.8 Å². The Morgan fingerprint density at radius 1 is 1.24 bits per heavy atom. The van der Waals surface area contributed by atoms with E-state index in [1.807, 2.05) is 18.2 Å². The summed E-state index contributed by atoms with van der Waals surface area (Å²) < 4.78 is 16.1. The van der Waals surface area contributed by atoms with E-state index in [1.54, 1.807) is 19.1 Å². The maximum Gasteiger partial charge on any atom is 0.233 e. The molecule has 1 amide bonds. The first kappa shape index (κ1) is 18.0. The molecule has 1 atom stereocenters. The van der Waals surface area contributed by atoms with Crippen LogP contribution in [0.1, 0.15) is 31.2 Å². The monoisotopic (exact) mass is 349 g/mol. The first-order valence-corrected chi connectivity index (χ1v) is 8.88. The highest BCUT2D eigenvalue weighted by Gasteiger charge is 2.45. The van der Waals surface area contributed by atoms with Crippen LogP contribution in [0.4, 0.5) is 0 Å². The van der Waals surface area contributed by atoms with Gasteiger partial charge in [-0.2, -0.15) is 0 Å². The number of ether oxygens (including phenoxy) is 3. The number of rotatable bonds is 4. The lowest BCUT2D eigenvalue weighted by Gasteiger charge is -2.35. The first-order valence-electron chi connectivity index (χ1n) is 8.88. The predicted octanol–water partition coefficient (Wildman–Crippen LogP) is 1.74. The summed E-state index contributed by atoms with van der Waals surface area (Å²) in [6.07, 6.45) is 3.04. The number of amides is 1. The topological polar surface area (TPSA) is 68.2 Å². The Kier molecular flexibility index (Phi) is 5.49. The third-order valence-corrected chi connectivity index (χ3v) is 5.34. The highest BCUT2D eigenvalue weighted by atomic mass is 16.5. The second-order valence-corrected chi connectivity index (χ2v) is 6.84. The van der Waals surface area contributed by atoms with Crippen molar-refractivity contribution in [1.82, 2.24) is 4.90 Å². The Morgan fingerprint density at radius 2 is 1.96 bits per heavy atom. The molecule has 0 unspecified atom stereocenters. The van der Waals surface area contributed by atoms with Crippen LogP contribution >= 0.6 is 0 Å². The number of aliphatic hydroxyl groups excluding tert-OH is 1.